The third-order valence-electron chi connectivity index (χ3n) is 1.41. The van der Waals surface area contributed by atoms with Crippen molar-refractivity contribution in [3.05, 3.63) is 36.5 Å². The van der Waals surface area contributed by atoms with Crippen LogP contribution >= 0.6 is 0 Å². The minimum atomic E-state index is 0.927. The molecule has 0 fully saturated rings. The second kappa shape index (κ2) is 3.35. The van der Waals surface area contributed by atoms with Gasteiger partial charge in [-0.25, -0.2) is 0 Å². The van der Waals surface area contributed by atoms with Gasteiger partial charge in [0.25, 0.3) is 0 Å². The fourth-order valence-corrected chi connectivity index (χ4v) is 0.827. The molecule has 0 aliphatic rings. The van der Waals surface area contributed by atoms with E-state index >= 15 is 0 Å². The Labute approximate surface area is 62.1 Å². The van der Waals surface area contributed by atoms with Crippen molar-refractivity contribution in [2.24, 2.45) is 0 Å². The first-order valence-corrected chi connectivity index (χ1v) is 3.53. The van der Waals surface area contributed by atoms with Gasteiger partial charge in [0.1, 0.15) is 0 Å². The SMILES string of the molecule is [CH2]CCc1ccc(C)cn1. The minimum Gasteiger partial charge on any atom is -0.261 e. The highest BCUT2D eigenvalue weighted by Crippen LogP contribution is 2.00. The molecule has 0 saturated carbocycles. The maximum Gasteiger partial charge on any atom is 0.0403 e. The van der Waals surface area contributed by atoms with E-state index in [1.807, 2.05) is 13.1 Å². The summed E-state index contributed by atoms with van der Waals surface area (Å²) in [5.74, 6) is 0. The summed E-state index contributed by atoms with van der Waals surface area (Å²) >= 11 is 0. The molecule has 0 amide bonds. The fourth-order valence-electron chi connectivity index (χ4n) is 0.827. The van der Waals surface area contributed by atoms with E-state index < -0.39 is 0 Å². The highest BCUT2D eigenvalue weighted by Gasteiger charge is 1.89. The molecule has 1 aromatic heterocycles. The summed E-state index contributed by atoms with van der Waals surface area (Å²) in [6, 6.07) is 4.14. The largest absolute Gasteiger partial charge is 0.261 e. The Bertz CT molecular complexity index is 188. The lowest BCUT2D eigenvalue weighted by Crippen LogP contribution is -1.87. The van der Waals surface area contributed by atoms with E-state index in [0.717, 1.165) is 18.5 Å². The Morgan fingerprint density at radius 3 is 2.80 bits per heavy atom. The van der Waals surface area contributed by atoms with E-state index in [4.69, 9.17) is 0 Å². The molecular formula is C9H12N. The summed E-state index contributed by atoms with van der Waals surface area (Å²) in [5, 5.41) is 0. The Balaban J connectivity index is 2.69. The van der Waals surface area contributed by atoms with Crippen molar-refractivity contribution < 1.29 is 0 Å². The van der Waals surface area contributed by atoms with Crippen molar-refractivity contribution in [3.63, 3.8) is 0 Å². The van der Waals surface area contributed by atoms with Gasteiger partial charge in [0.2, 0.25) is 0 Å². The van der Waals surface area contributed by atoms with Gasteiger partial charge >= 0.3 is 0 Å². The average molecular weight is 134 g/mol. The van der Waals surface area contributed by atoms with Crippen molar-refractivity contribution in [2.45, 2.75) is 19.8 Å². The molecule has 1 radical (unpaired) electrons. The number of aromatic nitrogens is 1. The van der Waals surface area contributed by atoms with Gasteiger partial charge in [0.05, 0.1) is 0 Å². The number of nitrogens with zero attached hydrogens (tertiary/aromatic N) is 1. The molecule has 0 aliphatic heterocycles. The van der Waals surface area contributed by atoms with Crippen molar-refractivity contribution in [1.29, 1.82) is 0 Å². The quantitative estimate of drug-likeness (QED) is 0.604. The standard InChI is InChI=1S/C9H12N/c1-3-4-9-6-5-8(2)7-10-9/h5-7H,1,3-4H2,2H3. The molecule has 1 nitrogen and oxygen atoms in total. The van der Waals surface area contributed by atoms with Crippen LogP contribution in [0.15, 0.2) is 18.3 Å². The van der Waals surface area contributed by atoms with E-state index in [9.17, 15) is 0 Å². The normalized spacial score (nSPS) is 9.80. The lowest BCUT2D eigenvalue weighted by Gasteiger charge is -1.96. The van der Waals surface area contributed by atoms with Crippen LogP contribution in [-0.2, 0) is 6.42 Å². The highest BCUT2D eigenvalue weighted by atomic mass is 14.7. The zero-order valence-electron chi connectivity index (χ0n) is 6.30. The first-order chi connectivity index (χ1) is 4.83. The van der Waals surface area contributed by atoms with Gasteiger partial charge in [-0.15, -0.1) is 0 Å². The Kier molecular flexibility index (Phi) is 2.43. The van der Waals surface area contributed by atoms with E-state index in [0.29, 0.717) is 0 Å². The van der Waals surface area contributed by atoms with Gasteiger partial charge in [-0.05, 0) is 31.4 Å². The Hall–Kier alpha value is -0.850. The lowest BCUT2D eigenvalue weighted by atomic mass is 10.2. The molecule has 1 aromatic rings. The van der Waals surface area contributed by atoms with Gasteiger partial charge in [-0.1, -0.05) is 13.0 Å². The van der Waals surface area contributed by atoms with Crippen LogP contribution in [0.25, 0.3) is 0 Å². The van der Waals surface area contributed by atoms with Crippen LogP contribution in [0.1, 0.15) is 17.7 Å². The number of pyridine rings is 1. The van der Waals surface area contributed by atoms with Crippen LogP contribution in [0.2, 0.25) is 0 Å². The molecule has 0 bridgehead atoms. The molecule has 1 heteroatoms. The zero-order valence-corrected chi connectivity index (χ0v) is 6.30. The third-order valence-corrected chi connectivity index (χ3v) is 1.41. The number of aryl methyl sites for hydroxylation is 2. The average Bonchev–Trinajstić information content (AvgIpc) is 1.95. The van der Waals surface area contributed by atoms with Crippen molar-refractivity contribution in [2.75, 3.05) is 0 Å². The lowest BCUT2D eigenvalue weighted by molar-refractivity contribution is 0.938. The first-order valence-electron chi connectivity index (χ1n) is 3.53. The van der Waals surface area contributed by atoms with Crippen LogP contribution in [0.5, 0.6) is 0 Å². The summed E-state index contributed by atoms with van der Waals surface area (Å²) in [7, 11) is 0. The van der Waals surface area contributed by atoms with Crippen molar-refractivity contribution in [1.82, 2.24) is 4.98 Å². The Morgan fingerprint density at radius 2 is 2.30 bits per heavy atom. The smallest absolute Gasteiger partial charge is 0.0403 e. The minimum absolute atomic E-state index is 0.927. The van der Waals surface area contributed by atoms with Gasteiger partial charge in [-0.3, -0.25) is 4.98 Å². The predicted octanol–water partition coefficient (Wildman–Crippen LogP) is 2.16. The van der Waals surface area contributed by atoms with Gasteiger partial charge in [0.15, 0.2) is 0 Å². The molecule has 0 N–H and O–H groups in total. The first kappa shape index (κ1) is 7.26. The van der Waals surface area contributed by atoms with Crippen LogP contribution < -0.4 is 0 Å². The molecule has 0 atom stereocenters. The number of hydrogen-bond donors (Lipinski definition) is 0. The summed E-state index contributed by atoms with van der Waals surface area (Å²) < 4.78 is 0. The molecule has 0 spiro atoms. The van der Waals surface area contributed by atoms with E-state index in [-0.39, 0.29) is 0 Å². The molecular weight excluding hydrogens is 122 g/mol. The van der Waals surface area contributed by atoms with Gasteiger partial charge in [0, 0.05) is 11.9 Å². The second-order valence-corrected chi connectivity index (χ2v) is 2.43. The topological polar surface area (TPSA) is 12.9 Å². The summed E-state index contributed by atoms with van der Waals surface area (Å²) in [4.78, 5) is 4.23. The van der Waals surface area contributed by atoms with E-state index in [1.165, 1.54) is 5.56 Å². The third kappa shape index (κ3) is 1.83. The monoisotopic (exact) mass is 134 g/mol. The number of hydrogen-bond acceptors (Lipinski definition) is 1. The molecule has 1 heterocycles. The maximum atomic E-state index is 4.23. The predicted molar refractivity (Wildman–Crippen MR) is 42.7 cm³/mol. The molecule has 0 saturated heterocycles. The molecule has 1 rings (SSSR count). The molecule has 53 valence electrons. The van der Waals surface area contributed by atoms with Crippen molar-refractivity contribution >= 4 is 0 Å². The fraction of sp³-hybridized carbons (Fsp3) is 0.333. The molecule has 0 aromatic carbocycles. The van der Waals surface area contributed by atoms with Crippen LogP contribution in [0.3, 0.4) is 0 Å². The highest BCUT2D eigenvalue weighted by molar-refractivity contribution is 5.12. The number of rotatable bonds is 2. The maximum absolute atomic E-state index is 4.23. The van der Waals surface area contributed by atoms with Crippen molar-refractivity contribution in [3.8, 4) is 0 Å². The molecule has 0 unspecified atom stereocenters. The molecule has 0 aliphatic carbocycles. The summed E-state index contributed by atoms with van der Waals surface area (Å²) in [5.41, 5.74) is 2.36. The van der Waals surface area contributed by atoms with Crippen LogP contribution in [0.4, 0.5) is 0 Å². The Morgan fingerprint density at radius 1 is 1.50 bits per heavy atom. The molecule has 10 heavy (non-hydrogen) atoms. The van der Waals surface area contributed by atoms with Crippen LogP contribution in [-0.4, -0.2) is 4.98 Å². The van der Waals surface area contributed by atoms with E-state index in [2.05, 4.69) is 24.0 Å². The van der Waals surface area contributed by atoms with Gasteiger partial charge < -0.3 is 0 Å². The van der Waals surface area contributed by atoms with E-state index in [1.54, 1.807) is 0 Å². The summed E-state index contributed by atoms with van der Waals surface area (Å²) in [6.07, 6.45) is 3.81. The van der Waals surface area contributed by atoms with Gasteiger partial charge in [-0.2, -0.15) is 0 Å². The zero-order chi connectivity index (χ0) is 7.40. The summed E-state index contributed by atoms with van der Waals surface area (Å²) in [6.45, 7) is 5.81. The van der Waals surface area contributed by atoms with Crippen LogP contribution in [0, 0.1) is 13.8 Å². The second-order valence-electron chi connectivity index (χ2n) is 2.43.